The zero-order chi connectivity index (χ0) is 16.0. The zero-order valence-corrected chi connectivity index (χ0v) is 21.7. The smallest absolute Gasteiger partial charge is 0.660 e. The van der Waals surface area contributed by atoms with E-state index in [1.165, 1.54) is 25.7 Å². The van der Waals surface area contributed by atoms with E-state index in [0.29, 0.717) is 0 Å². The van der Waals surface area contributed by atoms with Crippen LogP contribution in [-0.4, -0.2) is 38.8 Å². The van der Waals surface area contributed by atoms with Gasteiger partial charge in [0.05, 0.1) is 0 Å². The van der Waals surface area contributed by atoms with Crippen molar-refractivity contribution in [3.05, 3.63) is 27.3 Å². The van der Waals surface area contributed by atoms with E-state index in [1.54, 1.807) is 0 Å². The first-order valence-electron chi connectivity index (χ1n) is 8.95. The largest absolute Gasteiger partial charge is 4.00 e. The molecular formula is C21H46N2SiTi. The van der Waals surface area contributed by atoms with Gasteiger partial charge in [0.15, 0.2) is 0 Å². The Balaban J connectivity index is -0.00000121. The van der Waals surface area contributed by atoms with E-state index in [-0.39, 0.29) is 49.5 Å². The van der Waals surface area contributed by atoms with Gasteiger partial charge in [0, 0.05) is 6.04 Å². The predicted octanol–water partition coefficient (Wildman–Crippen LogP) is 6.47. The maximum Gasteiger partial charge on any atom is 4.00 e. The quantitative estimate of drug-likeness (QED) is 0.391. The maximum absolute atomic E-state index is 5.38. The van der Waals surface area contributed by atoms with Crippen molar-refractivity contribution >= 4 is 8.24 Å². The second-order valence-corrected chi connectivity index (χ2v) is 13.6. The van der Waals surface area contributed by atoms with Gasteiger partial charge in [-0.25, -0.2) is 0 Å². The number of fused-ring (bicyclic) bond motifs is 1. The number of nitrogens with zero attached hydrogens (tertiary/aromatic N) is 2. The second kappa shape index (κ2) is 11.0. The first-order valence-corrected chi connectivity index (χ1v) is 12.0. The normalized spacial score (nSPS) is 31.8. The molecule has 0 aliphatic heterocycles. The SMILES string of the molecule is CC1C(N(C)C)C2CCCCC2C1[Si](C)(C)[N-]C(C)(C)C.[CH3-].[CH3-].[CH3-].[Ti+4]. The summed E-state index contributed by atoms with van der Waals surface area (Å²) in [6.07, 6.45) is 5.81. The summed E-state index contributed by atoms with van der Waals surface area (Å²) < 4.78 is 0. The molecule has 2 nitrogen and oxygen atoms in total. The molecule has 4 heteroatoms. The predicted molar refractivity (Wildman–Crippen MR) is 116 cm³/mol. The molecule has 148 valence electrons. The van der Waals surface area contributed by atoms with Gasteiger partial charge in [0.1, 0.15) is 0 Å². The average molecular weight is 403 g/mol. The molecule has 0 spiro atoms. The van der Waals surface area contributed by atoms with Gasteiger partial charge < -0.3 is 32.2 Å². The van der Waals surface area contributed by atoms with Crippen LogP contribution in [0.15, 0.2) is 0 Å². The molecule has 0 aromatic rings. The minimum absolute atomic E-state index is 0. The molecule has 2 aliphatic carbocycles. The molecule has 2 fully saturated rings. The van der Waals surface area contributed by atoms with Crippen LogP contribution in [0.1, 0.15) is 53.4 Å². The molecule has 0 aromatic heterocycles. The number of hydrogen-bond acceptors (Lipinski definition) is 1. The van der Waals surface area contributed by atoms with Crippen LogP contribution in [0.5, 0.6) is 0 Å². The Morgan fingerprint density at radius 3 is 1.76 bits per heavy atom. The second-order valence-electron chi connectivity index (χ2n) is 9.39. The molecule has 0 radical (unpaired) electrons. The van der Waals surface area contributed by atoms with Crippen molar-refractivity contribution in [2.75, 3.05) is 14.1 Å². The van der Waals surface area contributed by atoms with Crippen molar-refractivity contribution in [1.29, 1.82) is 0 Å². The van der Waals surface area contributed by atoms with Crippen LogP contribution in [0.4, 0.5) is 0 Å². The summed E-state index contributed by atoms with van der Waals surface area (Å²) in [4.78, 5) is 7.90. The van der Waals surface area contributed by atoms with E-state index in [1.807, 2.05) is 0 Å². The molecule has 25 heavy (non-hydrogen) atoms. The molecule has 0 N–H and O–H groups in total. The van der Waals surface area contributed by atoms with Crippen LogP contribution in [-0.2, 0) is 21.7 Å². The summed E-state index contributed by atoms with van der Waals surface area (Å²) in [6.45, 7) is 14.4. The summed E-state index contributed by atoms with van der Waals surface area (Å²) >= 11 is 0. The molecule has 2 rings (SSSR count). The molecule has 0 saturated heterocycles. The van der Waals surface area contributed by atoms with Gasteiger partial charge in [-0.1, -0.05) is 73.8 Å². The molecule has 0 heterocycles. The molecule has 5 atom stereocenters. The van der Waals surface area contributed by atoms with E-state index < -0.39 is 8.24 Å². The Morgan fingerprint density at radius 1 is 0.920 bits per heavy atom. The first-order chi connectivity index (χ1) is 9.54. The fourth-order valence-corrected chi connectivity index (χ4v) is 10.8. The third-order valence-electron chi connectivity index (χ3n) is 5.92. The Bertz CT molecular complexity index is 365. The summed E-state index contributed by atoms with van der Waals surface area (Å²) in [5.41, 5.74) is 0.991. The average Bonchev–Trinajstić information content (AvgIpc) is 2.57. The van der Waals surface area contributed by atoms with Crippen LogP contribution >= 0.6 is 0 Å². The van der Waals surface area contributed by atoms with E-state index >= 15 is 0 Å². The third kappa shape index (κ3) is 6.75. The number of rotatable bonds is 3. The number of hydrogen-bond donors (Lipinski definition) is 0. The Kier molecular flexibility index (Phi) is 13.5. The molecule has 2 saturated carbocycles. The van der Waals surface area contributed by atoms with Crippen molar-refractivity contribution in [3.8, 4) is 0 Å². The van der Waals surface area contributed by atoms with Gasteiger partial charge in [-0.3, -0.25) is 0 Å². The van der Waals surface area contributed by atoms with Gasteiger partial charge in [-0.05, 0) is 38.3 Å². The van der Waals surface area contributed by atoms with Crippen LogP contribution in [0.3, 0.4) is 0 Å². The standard InChI is InChI=1S/C18H37N2Si.3CH3.Ti/c1-13-16(20(5)6)14-11-9-10-12-15(14)17(13)21(7,8)19-18(2,3)4;;;;/h13-17H,9-12H2,1-8H3;3*1H3;/q4*-1;+4. The van der Waals surface area contributed by atoms with Gasteiger partial charge in [-0.15, -0.1) is 5.54 Å². The van der Waals surface area contributed by atoms with Crippen molar-refractivity contribution in [2.24, 2.45) is 17.8 Å². The molecule has 5 unspecified atom stereocenters. The van der Waals surface area contributed by atoms with Crippen molar-refractivity contribution in [2.45, 2.75) is 83.6 Å². The Hall–Kier alpha value is 0.851. The van der Waals surface area contributed by atoms with E-state index in [9.17, 15) is 0 Å². The molecular weight excluding hydrogens is 356 g/mol. The molecule has 0 aromatic carbocycles. The van der Waals surface area contributed by atoms with Gasteiger partial charge >= 0.3 is 21.7 Å². The van der Waals surface area contributed by atoms with Gasteiger partial charge in [0.2, 0.25) is 0 Å². The minimum atomic E-state index is -1.57. The minimum Gasteiger partial charge on any atom is -0.660 e. The molecule has 0 amide bonds. The monoisotopic (exact) mass is 402 g/mol. The van der Waals surface area contributed by atoms with Gasteiger partial charge in [-0.2, -0.15) is 0 Å². The maximum atomic E-state index is 5.38. The fourth-order valence-electron chi connectivity index (χ4n) is 6.01. The summed E-state index contributed by atoms with van der Waals surface area (Å²) in [5.74, 6) is 2.67. The molecule has 2 aliphatic rings. The fraction of sp³-hybridized carbons (Fsp3) is 0.857. The first kappa shape index (κ1) is 30.6. The zero-order valence-electron chi connectivity index (χ0n) is 19.1. The Morgan fingerprint density at radius 2 is 1.36 bits per heavy atom. The van der Waals surface area contributed by atoms with E-state index in [2.05, 4.69) is 59.8 Å². The van der Waals surface area contributed by atoms with Crippen LogP contribution < -0.4 is 0 Å². The summed E-state index contributed by atoms with van der Waals surface area (Å²) in [6, 6.07) is 0.780. The van der Waals surface area contributed by atoms with Crippen molar-refractivity contribution < 1.29 is 21.7 Å². The van der Waals surface area contributed by atoms with Crippen LogP contribution in [0.2, 0.25) is 18.6 Å². The Labute approximate surface area is 177 Å². The topological polar surface area (TPSA) is 17.3 Å². The van der Waals surface area contributed by atoms with Crippen molar-refractivity contribution in [3.63, 3.8) is 0 Å². The van der Waals surface area contributed by atoms with Crippen molar-refractivity contribution in [1.82, 2.24) is 4.90 Å². The van der Waals surface area contributed by atoms with Crippen LogP contribution in [0, 0.1) is 40.0 Å². The van der Waals surface area contributed by atoms with E-state index in [4.69, 9.17) is 4.98 Å². The third-order valence-corrected chi connectivity index (χ3v) is 9.75. The van der Waals surface area contributed by atoms with E-state index in [0.717, 1.165) is 29.3 Å². The molecule has 0 bridgehead atoms. The van der Waals surface area contributed by atoms with Gasteiger partial charge in [0.25, 0.3) is 0 Å². The van der Waals surface area contributed by atoms with Crippen LogP contribution in [0.25, 0.3) is 4.98 Å². The summed E-state index contributed by atoms with van der Waals surface area (Å²) in [5, 5.41) is 0. The summed E-state index contributed by atoms with van der Waals surface area (Å²) in [7, 11) is 3.03.